The average Bonchev–Trinajstić information content (AvgIpc) is 2.99. The van der Waals surface area contributed by atoms with E-state index in [9.17, 15) is 9.59 Å². The Morgan fingerprint density at radius 2 is 1.89 bits per heavy atom. The van der Waals surface area contributed by atoms with Crippen LogP contribution >= 0.6 is 0 Å². The molecule has 0 saturated carbocycles. The Morgan fingerprint density at radius 3 is 2.71 bits per heavy atom. The number of piperazine rings is 1. The van der Waals surface area contributed by atoms with Gasteiger partial charge in [-0.2, -0.15) is 4.89 Å². The maximum atomic E-state index is 12.7. The number of piperidine rings is 1. The third kappa shape index (κ3) is 3.10. The minimum Gasteiger partial charge on any atom is -0.369 e. The zero-order chi connectivity index (χ0) is 19.1. The van der Waals surface area contributed by atoms with Gasteiger partial charge in [0.1, 0.15) is 6.04 Å². The zero-order valence-corrected chi connectivity index (χ0v) is 16.0. The minimum atomic E-state index is -0.218. The smallest absolute Gasteiger partial charge is 0.328 e. The van der Waals surface area contributed by atoms with E-state index in [4.69, 9.17) is 9.78 Å². The van der Waals surface area contributed by atoms with Crippen LogP contribution in [-0.4, -0.2) is 78.7 Å². The Bertz CT molecular complexity index is 753. The van der Waals surface area contributed by atoms with Crippen molar-refractivity contribution in [2.75, 3.05) is 50.9 Å². The molecule has 0 aliphatic carbocycles. The van der Waals surface area contributed by atoms with Gasteiger partial charge in [-0.05, 0) is 37.5 Å². The molecule has 0 spiro atoms. The van der Waals surface area contributed by atoms with E-state index >= 15 is 0 Å². The van der Waals surface area contributed by atoms with Gasteiger partial charge >= 0.3 is 6.03 Å². The first kappa shape index (κ1) is 17.8. The average molecular weight is 386 g/mol. The summed E-state index contributed by atoms with van der Waals surface area (Å²) in [5.74, 6) is 0.792. The van der Waals surface area contributed by atoms with Crippen molar-refractivity contribution in [3.8, 4) is 5.75 Å². The molecule has 28 heavy (non-hydrogen) atoms. The van der Waals surface area contributed by atoms with Gasteiger partial charge in [0.2, 0.25) is 0 Å². The fourth-order valence-electron chi connectivity index (χ4n) is 4.62. The van der Waals surface area contributed by atoms with Crippen LogP contribution in [0.2, 0.25) is 0 Å². The van der Waals surface area contributed by atoms with E-state index in [-0.39, 0.29) is 18.0 Å². The number of amides is 3. The van der Waals surface area contributed by atoms with Crippen LogP contribution in [0.5, 0.6) is 5.75 Å². The molecule has 8 nitrogen and oxygen atoms in total. The summed E-state index contributed by atoms with van der Waals surface area (Å²) >= 11 is 0. The van der Waals surface area contributed by atoms with Crippen LogP contribution < -0.4 is 9.79 Å². The number of fused-ring (bicyclic) bond motifs is 2. The predicted molar refractivity (Wildman–Crippen MR) is 102 cm³/mol. The van der Waals surface area contributed by atoms with Gasteiger partial charge < -0.3 is 14.7 Å². The van der Waals surface area contributed by atoms with Crippen LogP contribution in [0.1, 0.15) is 24.8 Å². The largest absolute Gasteiger partial charge is 0.369 e. The first-order chi connectivity index (χ1) is 13.7. The fraction of sp³-hybridized carbons (Fsp3) is 0.600. The van der Waals surface area contributed by atoms with E-state index in [1.807, 2.05) is 6.07 Å². The molecule has 0 N–H and O–H groups in total. The number of anilines is 1. The van der Waals surface area contributed by atoms with Crippen LogP contribution in [0.3, 0.4) is 0 Å². The quantitative estimate of drug-likeness (QED) is 0.579. The van der Waals surface area contributed by atoms with Gasteiger partial charge in [0.25, 0.3) is 5.91 Å². The number of imide groups is 1. The summed E-state index contributed by atoms with van der Waals surface area (Å²) in [5.41, 5.74) is 2.37. The third-order valence-corrected chi connectivity index (χ3v) is 6.26. The molecule has 0 bridgehead atoms. The monoisotopic (exact) mass is 386 g/mol. The summed E-state index contributed by atoms with van der Waals surface area (Å²) in [5, 5.41) is 0. The number of nitrogens with zero attached hydrogens (tertiary/aromatic N) is 4. The van der Waals surface area contributed by atoms with Crippen LogP contribution in [0.15, 0.2) is 18.2 Å². The lowest BCUT2D eigenvalue weighted by Gasteiger charge is -2.37. The van der Waals surface area contributed by atoms with E-state index in [0.717, 1.165) is 57.6 Å². The van der Waals surface area contributed by atoms with Crippen LogP contribution in [0.25, 0.3) is 0 Å². The third-order valence-electron chi connectivity index (χ3n) is 6.26. The van der Waals surface area contributed by atoms with Crippen LogP contribution in [0, 0.1) is 0 Å². The lowest BCUT2D eigenvalue weighted by Crippen LogP contribution is -2.51. The highest BCUT2D eigenvalue weighted by atomic mass is 17.2. The Morgan fingerprint density at radius 1 is 1.04 bits per heavy atom. The molecular formula is C20H26N4O4. The molecule has 3 amide bonds. The fourth-order valence-corrected chi connectivity index (χ4v) is 4.62. The van der Waals surface area contributed by atoms with Crippen molar-refractivity contribution in [1.29, 1.82) is 0 Å². The highest BCUT2D eigenvalue weighted by Gasteiger charge is 2.46. The Balaban J connectivity index is 1.20. The number of carbonyl (C=O) groups is 2. The number of hydrogen-bond donors (Lipinski definition) is 0. The maximum absolute atomic E-state index is 12.7. The molecule has 1 aromatic carbocycles. The second-order valence-electron chi connectivity index (χ2n) is 7.95. The van der Waals surface area contributed by atoms with Gasteiger partial charge in [0.15, 0.2) is 5.75 Å². The summed E-state index contributed by atoms with van der Waals surface area (Å²) in [4.78, 5) is 43.3. The molecule has 0 aromatic heterocycles. The second-order valence-corrected chi connectivity index (χ2v) is 7.95. The highest BCUT2D eigenvalue weighted by molar-refractivity contribution is 6.04. The van der Waals surface area contributed by atoms with Crippen LogP contribution in [0.4, 0.5) is 10.5 Å². The molecular weight excluding hydrogens is 360 g/mol. The summed E-state index contributed by atoms with van der Waals surface area (Å²) in [6, 6.07) is 5.89. The van der Waals surface area contributed by atoms with Gasteiger partial charge in [-0.1, -0.05) is 0 Å². The molecule has 3 saturated heterocycles. The summed E-state index contributed by atoms with van der Waals surface area (Å²) in [6.45, 7) is 5.12. The Hall–Kier alpha value is -2.32. The van der Waals surface area contributed by atoms with Crippen molar-refractivity contribution < 1.29 is 19.4 Å². The number of urea groups is 1. The molecule has 4 heterocycles. The first-order valence-corrected chi connectivity index (χ1v) is 10.2. The van der Waals surface area contributed by atoms with E-state index in [1.165, 1.54) is 16.2 Å². The lowest BCUT2D eigenvalue weighted by molar-refractivity contribution is -0.215. The van der Waals surface area contributed by atoms with E-state index < -0.39 is 0 Å². The normalized spacial score (nSPS) is 25.6. The molecule has 150 valence electrons. The Kier molecular flexibility index (Phi) is 4.60. The zero-order valence-electron chi connectivity index (χ0n) is 16.0. The summed E-state index contributed by atoms with van der Waals surface area (Å²) in [6.07, 6.45) is 3.70. The molecule has 8 heteroatoms. The lowest BCUT2D eigenvalue weighted by atomic mass is 10.0. The Labute approximate surface area is 164 Å². The van der Waals surface area contributed by atoms with Crippen molar-refractivity contribution in [2.45, 2.75) is 31.7 Å². The topological polar surface area (TPSA) is 65.6 Å². The molecule has 3 fully saturated rings. The molecule has 5 rings (SSSR count). The van der Waals surface area contributed by atoms with Crippen molar-refractivity contribution >= 4 is 17.6 Å². The predicted octanol–water partition coefficient (Wildman–Crippen LogP) is 1.45. The molecule has 1 atom stereocenters. The number of carbonyl (C=O) groups excluding carboxylic acids is 2. The highest BCUT2D eigenvalue weighted by Crippen LogP contribution is 2.30. The van der Waals surface area contributed by atoms with Gasteiger partial charge in [-0.3, -0.25) is 9.69 Å². The molecule has 4 aliphatic rings. The van der Waals surface area contributed by atoms with Crippen molar-refractivity contribution in [3.05, 3.63) is 23.8 Å². The maximum Gasteiger partial charge on any atom is 0.328 e. The second kappa shape index (κ2) is 7.25. The van der Waals surface area contributed by atoms with Gasteiger partial charge in [0.05, 0.1) is 13.3 Å². The number of benzene rings is 1. The summed E-state index contributed by atoms with van der Waals surface area (Å²) in [7, 11) is 0. The van der Waals surface area contributed by atoms with E-state index in [0.29, 0.717) is 19.8 Å². The number of hydrogen-bond acceptors (Lipinski definition) is 6. The molecule has 0 radical (unpaired) electrons. The van der Waals surface area contributed by atoms with E-state index in [1.54, 1.807) is 4.90 Å². The van der Waals surface area contributed by atoms with Crippen molar-refractivity contribution in [1.82, 2.24) is 14.7 Å². The molecule has 4 aliphatic heterocycles. The van der Waals surface area contributed by atoms with Crippen molar-refractivity contribution in [3.63, 3.8) is 0 Å². The van der Waals surface area contributed by atoms with E-state index in [2.05, 4.69) is 21.9 Å². The van der Waals surface area contributed by atoms with Crippen molar-refractivity contribution in [2.24, 2.45) is 0 Å². The standard InChI is InChI=1S/C20H26N4O4/c25-19-17-3-1-2-7-23(17)20(26)24(19)14-21-8-10-22(11-9-21)16-4-5-18-15(13-16)6-12-27-28-18/h4-5,13,17H,1-3,6-12,14H2. The SMILES string of the molecule is O=C1C2CCCCN2C(=O)N1CN1CCN(c2ccc3c(c2)CCOO3)CC1. The van der Waals surface area contributed by atoms with Gasteiger partial charge in [-0.15, -0.1) is 0 Å². The van der Waals surface area contributed by atoms with Crippen LogP contribution in [-0.2, 0) is 16.1 Å². The number of rotatable bonds is 3. The first-order valence-electron chi connectivity index (χ1n) is 10.2. The summed E-state index contributed by atoms with van der Waals surface area (Å²) < 4.78 is 0. The molecule has 1 aromatic rings. The minimum absolute atomic E-state index is 0.0102. The molecule has 1 unspecified atom stereocenters. The van der Waals surface area contributed by atoms with Gasteiger partial charge in [0, 0.05) is 50.4 Å². The van der Waals surface area contributed by atoms with Gasteiger partial charge in [-0.25, -0.2) is 9.69 Å².